The van der Waals surface area contributed by atoms with Gasteiger partial charge in [-0.25, -0.2) is 9.37 Å². The SMILES string of the molecule is CCC(O)CC1CCC(C)N1C(=O)c1cc2c(cn1)c(-c1cnc3c(F)cccn13)nn2CC(F)(F)F. The summed E-state index contributed by atoms with van der Waals surface area (Å²) in [4.78, 5) is 23.5. The average molecular weight is 519 g/mol. The lowest BCUT2D eigenvalue weighted by molar-refractivity contribution is -0.141. The molecule has 5 heterocycles. The molecule has 5 rings (SSSR count). The van der Waals surface area contributed by atoms with Crippen LogP contribution in [0, 0.1) is 5.82 Å². The van der Waals surface area contributed by atoms with Crippen molar-refractivity contribution in [3.8, 4) is 11.4 Å². The van der Waals surface area contributed by atoms with Crippen molar-refractivity contribution in [1.29, 1.82) is 0 Å². The summed E-state index contributed by atoms with van der Waals surface area (Å²) in [6.07, 6.45) is 1.57. The summed E-state index contributed by atoms with van der Waals surface area (Å²) in [6.45, 7) is 2.39. The molecule has 12 heteroatoms. The van der Waals surface area contributed by atoms with Crippen molar-refractivity contribution in [2.75, 3.05) is 0 Å². The van der Waals surface area contributed by atoms with Crippen LogP contribution in [0.4, 0.5) is 17.6 Å². The summed E-state index contributed by atoms with van der Waals surface area (Å²) in [5, 5.41) is 14.6. The van der Waals surface area contributed by atoms with E-state index in [4.69, 9.17) is 0 Å². The molecular weight excluding hydrogens is 492 g/mol. The van der Waals surface area contributed by atoms with E-state index >= 15 is 0 Å². The summed E-state index contributed by atoms with van der Waals surface area (Å²) in [6, 6.07) is 3.74. The largest absolute Gasteiger partial charge is 0.408 e. The molecule has 196 valence electrons. The fraction of sp³-hybridized carbons (Fsp3) is 0.440. The Hall–Kier alpha value is -3.54. The molecule has 1 saturated heterocycles. The van der Waals surface area contributed by atoms with Crippen LogP contribution in [0.1, 0.15) is 50.0 Å². The van der Waals surface area contributed by atoms with E-state index in [1.165, 1.54) is 35.0 Å². The van der Waals surface area contributed by atoms with E-state index in [0.717, 1.165) is 17.5 Å². The van der Waals surface area contributed by atoms with Crippen molar-refractivity contribution in [3.63, 3.8) is 0 Å². The molecule has 0 aliphatic carbocycles. The molecule has 3 atom stereocenters. The highest BCUT2D eigenvalue weighted by atomic mass is 19.4. The Labute approximate surface area is 209 Å². The number of nitrogens with zero attached hydrogens (tertiary/aromatic N) is 6. The zero-order chi connectivity index (χ0) is 26.5. The molecule has 1 aliphatic rings. The normalized spacial score (nSPS) is 19.3. The Morgan fingerprint density at radius 2 is 2.03 bits per heavy atom. The average Bonchev–Trinajstić information content (AvgIpc) is 3.53. The molecular formula is C25H26F4N6O2. The first-order valence-electron chi connectivity index (χ1n) is 12.1. The van der Waals surface area contributed by atoms with Gasteiger partial charge >= 0.3 is 6.18 Å². The Morgan fingerprint density at radius 3 is 2.76 bits per heavy atom. The quantitative estimate of drug-likeness (QED) is 0.377. The molecule has 1 fully saturated rings. The number of rotatable bonds is 6. The van der Waals surface area contributed by atoms with Gasteiger partial charge in [-0.2, -0.15) is 18.3 Å². The van der Waals surface area contributed by atoms with Crippen molar-refractivity contribution in [2.24, 2.45) is 0 Å². The van der Waals surface area contributed by atoms with Crippen molar-refractivity contribution in [2.45, 2.75) is 70.4 Å². The van der Waals surface area contributed by atoms with Crippen molar-refractivity contribution in [1.82, 2.24) is 29.0 Å². The van der Waals surface area contributed by atoms with Gasteiger partial charge in [-0.1, -0.05) is 6.92 Å². The first-order valence-corrected chi connectivity index (χ1v) is 12.1. The minimum absolute atomic E-state index is 0.00343. The second-order valence-electron chi connectivity index (χ2n) is 9.49. The number of imidazole rings is 1. The number of fused-ring (bicyclic) bond motifs is 2. The van der Waals surface area contributed by atoms with E-state index in [9.17, 15) is 27.5 Å². The zero-order valence-corrected chi connectivity index (χ0v) is 20.3. The molecule has 3 unspecified atom stereocenters. The van der Waals surface area contributed by atoms with E-state index in [1.54, 1.807) is 11.1 Å². The van der Waals surface area contributed by atoms with Gasteiger partial charge in [-0.15, -0.1) is 0 Å². The highest BCUT2D eigenvalue weighted by molar-refractivity contribution is 5.99. The summed E-state index contributed by atoms with van der Waals surface area (Å²) in [5.74, 6) is -0.986. The number of hydrogen-bond acceptors (Lipinski definition) is 5. The number of likely N-dealkylation sites (tertiary alicyclic amines) is 1. The lowest BCUT2D eigenvalue weighted by atomic mass is 10.0. The minimum Gasteiger partial charge on any atom is -0.393 e. The van der Waals surface area contributed by atoms with Crippen LogP contribution in [0.5, 0.6) is 0 Å². The molecule has 4 aromatic heterocycles. The Bertz CT molecular complexity index is 1460. The number of aliphatic hydroxyl groups is 1. The number of pyridine rings is 2. The maximum atomic E-state index is 14.2. The number of alkyl halides is 3. The monoisotopic (exact) mass is 518 g/mol. The topological polar surface area (TPSA) is 88.5 Å². The van der Waals surface area contributed by atoms with Gasteiger partial charge in [-0.05, 0) is 50.8 Å². The number of carbonyl (C=O) groups excluding carboxylic acids is 1. The molecule has 1 amide bonds. The van der Waals surface area contributed by atoms with Crippen molar-refractivity contribution < 1.29 is 27.5 Å². The summed E-state index contributed by atoms with van der Waals surface area (Å²) >= 11 is 0. The standard InChI is InChI=1S/C25H26F4N6O2/c1-3-16(36)9-15-7-6-14(2)35(15)24(37)19-10-20-17(11-30-19)22(32-34(20)13-25(27,28)29)21-12-31-23-18(26)5-4-8-33(21)23/h4-5,8,10-12,14-16,36H,3,6-7,9,13H2,1-2H3. The van der Waals surface area contributed by atoms with Gasteiger partial charge in [-0.3, -0.25) is 18.9 Å². The summed E-state index contributed by atoms with van der Waals surface area (Å²) in [5.41, 5.74) is 0.523. The Morgan fingerprint density at radius 1 is 1.24 bits per heavy atom. The fourth-order valence-electron chi connectivity index (χ4n) is 5.10. The molecule has 1 N–H and O–H groups in total. The minimum atomic E-state index is -4.57. The lowest BCUT2D eigenvalue weighted by Crippen LogP contribution is -2.41. The van der Waals surface area contributed by atoms with E-state index in [-0.39, 0.29) is 40.0 Å². The molecule has 8 nitrogen and oxygen atoms in total. The molecule has 0 radical (unpaired) electrons. The molecule has 0 bridgehead atoms. The van der Waals surface area contributed by atoms with Crippen molar-refractivity contribution in [3.05, 3.63) is 48.3 Å². The van der Waals surface area contributed by atoms with Gasteiger partial charge < -0.3 is 10.0 Å². The predicted octanol–water partition coefficient (Wildman–Crippen LogP) is 4.60. The van der Waals surface area contributed by atoms with Crippen LogP contribution in [0.2, 0.25) is 0 Å². The molecule has 37 heavy (non-hydrogen) atoms. The Balaban J connectivity index is 1.60. The summed E-state index contributed by atoms with van der Waals surface area (Å²) in [7, 11) is 0. The van der Waals surface area contributed by atoms with Gasteiger partial charge in [0, 0.05) is 29.9 Å². The predicted molar refractivity (Wildman–Crippen MR) is 127 cm³/mol. The van der Waals surface area contributed by atoms with Gasteiger partial charge in [0.2, 0.25) is 0 Å². The van der Waals surface area contributed by atoms with Gasteiger partial charge in [0.15, 0.2) is 11.5 Å². The highest BCUT2D eigenvalue weighted by Crippen LogP contribution is 2.33. The third-order valence-electron chi connectivity index (χ3n) is 6.95. The number of carbonyl (C=O) groups is 1. The maximum Gasteiger partial charge on any atom is 0.408 e. The van der Waals surface area contributed by atoms with Crippen LogP contribution in [-0.2, 0) is 6.54 Å². The Kier molecular flexibility index (Phi) is 6.38. The zero-order valence-electron chi connectivity index (χ0n) is 20.3. The first-order chi connectivity index (χ1) is 17.6. The van der Waals surface area contributed by atoms with E-state index in [0.29, 0.717) is 18.5 Å². The van der Waals surface area contributed by atoms with Crippen LogP contribution in [0.3, 0.4) is 0 Å². The first kappa shape index (κ1) is 25.1. The van der Waals surface area contributed by atoms with E-state index < -0.39 is 30.5 Å². The van der Waals surface area contributed by atoms with Crippen LogP contribution >= 0.6 is 0 Å². The molecule has 0 saturated carbocycles. The van der Waals surface area contributed by atoms with Crippen LogP contribution < -0.4 is 0 Å². The number of aromatic nitrogens is 5. The molecule has 1 aliphatic heterocycles. The third-order valence-corrected chi connectivity index (χ3v) is 6.95. The number of halogens is 4. The molecule has 0 spiro atoms. The van der Waals surface area contributed by atoms with Gasteiger partial charge in [0.1, 0.15) is 17.9 Å². The number of amides is 1. The van der Waals surface area contributed by atoms with Gasteiger partial charge in [0.25, 0.3) is 5.91 Å². The van der Waals surface area contributed by atoms with E-state index in [2.05, 4.69) is 15.1 Å². The second-order valence-corrected chi connectivity index (χ2v) is 9.49. The number of hydrogen-bond donors (Lipinski definition) is 1. The molecule has 0 aromatic carbocycles. The van der Waals surface area contributed by atoms with Crippen LogP contribution in [0.15, 0.2) is 36.8 Å². The van der Waals surface area contributed by atoms with Gasteiger partial charge in [0.05, 0.1) is 23.5 Å². The van der Waals surface area contributed by atoms with E-state index in [1.807, 2.05) is 13.8 Å². The van der Waals surface area contributed by atoms with Crippen LogP contribution in [0.25, 0.3) is 27.9 Å². The van der Waals surface area contributed by atoms with Crippen LogP contribution in [-0.4, -0.2) is 64.4 Å². The molecule has 4 aromatic rings. The second kappa shape index (κ2) is 9.40. The summed E-state index contributed by atoms with van der Waals surface area (Å²) < 4.78 is 56.7. The lowest BCUT2D eigenvalue weighted by Gasteiger charge is -2.29. The highest BCUT2D eigenvalue weighted by Gasteiger charge is 2.37. The third kappa shape index (κ3) is 4.65. The van der Waals surface area contributed by atoms with Crippen molar-refractivity contribution >= 4 is 22.5 Å². The number of aliphatic hydroxyl groups excluding tert-OH is 1. The maximum absolute atomic E-state index is 14.2. The fourth-order valence-corrected chi connectivity index (χ4v) is 5.10. The smallest absolute Gasteiger partial charge is 0.393 e.